The number of rotatable bonds is 12. The zero-order valence-corrected chi connectivity index (χ0v) is 20.5. The van der Waals surface area contributed by atoms with Crippen LogP contribution in [0.5, 0.6) is 0 Å². The van der Waals surface area contributed by atoms with E-state index in [0.29, 0.717) is 38.7 Å². The molecule has 0 spiro atoms. The number of primary amides is 1. The molecule has 0 bridgehead atoms. The standard InChI is InChI=1S/C25H34FN7O3/c1-2-35-11-12-36-10-9-33-22-13-17(8-7-16(22)15-29-33)30-24-18(23(28)34)14-19(26)25(32-24)31-21-6-4-3-5-20(21)27/h7-8,13-15,20-21H,2-6,9-12,27H2,1H3,(H2,28,34)(H2,30,31,32)/t20-,21+/m0/s1. The number of hydrogen-bond acceptors (Lipinski definition) is 8. The second-order valence-corrected chi connectivity index (χ2v) is 8.85. The van der Waals surface area contributed by atoms with Gasteiger partial charge in [0.2, 0.25) is 0 Å². The summed E-state index contributed by atoms with van der Waals surface area (Å²) in [7, 11) is 0. The van der Waals surface area contributed by atoms with Crippen molar-refractivity contribution in [3.8, 4) is 0 Å². The van der Waals surface area contributed by atoms with Gasteiger partial charge in [0.25, 0.3) is 5.91 Å². The number of aromatic nitrogens is 3. The normalized spacial score (nSPS) is 17.9. The average molecular weight is 500 g/mol. The maximum atomic E-state index is 14.8. The average Bonchev–Trinajstić information content (AvgIpc) is 3.26. The smallest absolute Gasteiger partial charge is 0.252 e. The van der Waals surface area contributed by atoms with Crippen molar-refractivity contribution in [3.63, 3.8) is 0 Å². The molecule has 11 heteroatoms. The Morgan fingerprint density at radius 3 is 2.75 bits per heavy atom. The fourth-order valence-corrected chi connectivity index (χ4v) is 4.37. The van der Waals surface area contributed by atoms with E-state index in [-0.39, 0.29) is 29.3 Å². The fraction of sp³-hybridized carbons (Fsp3) is 0.480. The van der Waals surface area contributed by atoms with Gasteiger partial charge in [-0.15, -0.1) is 0 Å². The summed E-state index contributed by atoms with van der Waals surface area (Å²) in [6.45, 7) is 4.74. The molecule has 1 fully saturated rings. The number of halogens is 1. The third-order valence-corrected chi connectivity index (χ3v) is 6.31. The summed E-state index contributed by atoms with van der Waals surface area (Å²) in [4.78, 5) is 16.4. The van der Waals surface area contributed by atoms with E-state index in [0.717, 1.165) is 42.7 Å². The predicted molar refractivity (Wildman–Crippen MR) is 137 cm³/mol. The Balaban J connectivity index is 1.53. The van der Waals surface area contributed by atoms with Crippen LogP contribution in [0, 0.1) is 5.82 Å². The van der Waals surface area contributed by atoms with Gasteiger partial charge in [0, 0.05) is 29.8 Å². The van der Waals surface area contributed by atoms with Gasteiger partial charge in [-0.05, 0) is 44.0 Å². The minimum absolute atomic E-state index is 0.0395. The van der Waals surface area contributed by atoms with Crippen LogP contribution in [0.25, 0.3) is 10.9 Å². The van der Waals surface area contributed by atoms with Crippen LogP contribution < -0.4 is 22.1 Å². The summed E-state index contributed by atoms with van der Waals surface area (Å²) in [5, 5.41) is 11.6. The number of fused-ring (bicyclic) bond motifs is 1. The number of pyridine rings is 1. The number of benzene rings is 1. The molecule has 0 unspecified atom stereocenters. The molecule has 0 radical (unpaired) electrons. The van der Waals surface area contributed by atoms with E-state index < -0.39 is 11.7 Å². The molecule has 1 aliphatic carbocycles. The van der Waals surface area contributed by atoms with Crippen molar-refractivity contribution in [1.29, 1.82) is 0 Å². The summed E-state index contributed by atoms with van der Waals surface area (Å²) in [5.41, 5.74) is 13.2. The highest BCUT2D eigenvalue weighted by Gasteiger charge is 2.24. The van der Waals surface area contributed by atoms with Crippen LogP contribution in [-0.2, 0) is 16.0 Å². The Hall–Kier alpha value is -3.28. The number of nitrogens with two attached hydrogens (primary N) is 2. The lowest BCUT2D eigenvalue weighted by Gasteiger charge is -2.30. The lowest BCUT2D eigenvalue weighted by molar-refractivity contribution is 0.0491. The van der Waals surface area contributed by atoms with Gasteiger partial charge >= 0.3 is 0 Å². The van der Waals surface area contributed by atoms with E-state index in [9.17, 15) is 9.18 Å². The van der Waals surface area contributed by atoms with Crippen LogP contribution in [0.4, 0.5) is 21.7 Å². The summed E-state index contributed by atoms with van der Waals surface area (Å²) in [5.74, 6) is -1.22. The molecule has 0 aliphatic heterocycles. The van der Waals surface area contributed by atoms with Gasteiger partial charge in [-0.2, -0.15) is 5.10 Å². The van der Waals surface area contributed by atoms with Gasteiger partial charge in [-0.3, -0.25) is 9.48 Å². The van der Waals surface area contributed by atoms with E-state index >= 15 is 0 Å². The topological polar surface area (TPSA) is 142 Å². The molecule has 36 heavy (non-hydrogen) atoms. The molecule has 10 nitrogen and oxygen atoms in total. The number of hydrogen-bond donors (Lipinski definition) is 4. The first-order valence-electron chi connectivity index (χ1n) is 12.4. The second-order valence-electron chi connectivity index (χ2n) is 8.85. The van der Waals surface area contributed by atoms with Gasteiger partial charge in [0.1, 0.15) is 5.82 Å². The Bertz CT molecular complexity index is 1190. The summed E-state index contributed by atoms with van der Waals surface area (Å²) < 4.78 is 27.5. The van der Waals surface area contributed by atoms with Crippen LogP contribution in [-0.4, -0.2) is 59.2 Å². The van der Waals surface area contributed by atoms with Gasteiger partial charge in [0.15, 0.2) is 11.6 Å². The van der Waals surface area contributed by atoms with Gasteiger partial charge in [-0.1, -0.05) is 12.8 Å². The fourth-order valence-electron chi connectivity index (χ4n) is 4.37. The predicted octanol–water partition coefficient (Wildman–Crippen LogP) is 3.15. The highest BCUT2D eigenvalue weighted by molar-refractivity contribution is 5.99. The van der Waals surface area contributed by atoms with Crippen molar-refractivity contribution in [2.45, 2.75) is 51.2 Å². The number of carbonyl (C=O) groups excluding carboxylic acids is 1. The first-order valence-corrected chi connectivity index (χ1v) is 12.4. The largest absolute Gasteiger partial charge is 0.379 e. The molecule has 1 amide bonds. The second kappa shape index (κ2) is 12.1. The molecule has 3 aromatic rings. The van der Waals surface area contributed by atoms with Crippen molar-refractivity contribution in [2.24, 2.45) is 11.5 Å². The molecule has 1 aromatic carbocycles. The third-order valence-electron chi connectivity index (χ3n) is 6.31. The molecule has 4 rings (SSSR count). The van der Waals surface area contributed by atoms with Crippen molar-refractivity contribution < 1.29 is 18.7 Å². The van der Waals surface area contributed by atoms with Crippen LogP contribution in [0.3, 0.4) is 0 Å². The quantitative estimate of drug-likeness (QED) is 0.278. The number of carbonyl (C=O) groups is 1. The Morgan fingerprint density at radius 2 is 1.97 bits per heavy atom. The zero-order chi connectivity index (χ0) is 25.5. The lowest BCUT2D eigenvalue weighted by atomic mass is 9.91. The Labute approximate surface area is 209 Å². The summed E-state index contributed by atoms with van der Waals surface area (Å²) in [6.07, 6.45) is 5.55. The van der Waals surface area contributed by atoms with Crippen molar-refractivity contribution in [1.82, 2.24) is 14.8 Å². The molecule has 194 valence electrons. The summed E-state index contributed by atoms with van der Waals surface area (Å²) >= 11 is 0. The molecule has 2 heterocycles. The molecule has 6 N–H and O–H groups in total. The van der Waals surface area contributed by atoms with Crippen LogP contribution in [0.15, 0.2) is 30.5 Å². The molecule has 2 atom stereocenters. The maximum Gasteiger partial charge on any atom is 0.252 e. The van der Waals surface area contributed by atoms with E-state index in [2.05, 4.69) is 20.7 Å². The number of nitrogens with one attached hydrogen (secondary N) is 2. The zero-order valence-electron chi connectivity index (χ0n) is 20.5. The van der Waals surface area contributed by atoms with Crippen LogP contribution in [0.2, 0.25) is 0 Å². The van der Waals surface area contributed by atoms with Crippen molar-refractivity contribution in [3.05, 3.63) is 41.8 Å². The number of amides is 1. The van der Waals surface area contributed by atoms with Crippen molar-refractivity contribution in [2.75, 3.05) is 37.1 Å². The molecule has 2 aromatic heterocycles. The van der Waals surface area contributed by atoms with Crippen LogP contribution in [0.1, 0.15) is 43.0 Å². The highest BCUT2D eigenvalue weighted by atomic mass is 19.1. The minimum atomic E-state index is -0.778. The van der Waals surface area contributed by atoms with E-state index in [1.54, 1.807) is 6.20 Å². The van der Waals surface area contributed by atoms with E-state index in [4.69, 9.17) is 20.9 Å². The van der Waals surface area contributed by atoms with E-state index in [1.807, 2.05) is 29.8 Å². The molecular formula is C25H34FN7O3. The Morgan fingerprint density at radius 1 is 1.17 bits per heavy atom. The highest BCUT2D eigenvalue weighted by Crippen LogP contribution is 2.28. The van der Waals surface area contributed by atoms with Gasteiger partial charge in [-0.25, -0.2) is 9.37 Å². The number of anilines is 3. The van der Waals surface area contributed by atoms with Gasteiger partial charge in [0.05, 0.1) is 43.6 Å². The SMILES string of the molecule is CCOCCOCCn1ncc2ccc(Nc3nc(N[C@@H]4CCCC[C@@H]4N)c(F)cc3C(N)=O)cc21. The molecular weight excluding hydrogens is 465 g/mol. The van der Waals surface area contributed by atoms with E-state index in [1.165, 1.54) is 0 Å². The third kappa shape index (κ3) is 6.28. The maximum absolute atomic E-state index is 14.8. The molecule has 1 saturated carbocycles. The molecule has 1 aliphatic rings. The van der Waals surface area contributed by atoms with Crippen LogP contribution >= 0.6 is 0 Å². The van der Waals surface area contributed by atoms with Gasteiger partial charge < -0.3 is 31.6 Å². The lowest BCUT2D eigenvalue weighted by Crippen LogP contribution is -2.43. The monoisotopic (exact) mass is 499 g/mol. The number of ether oxygens (including phenoxy) is 2. The number of nitrogens with zero attached hydrogens (tertiary/aromatic N) is 3. The first kappa shape index (κ1) is 25.8. The molecule has 0 saturated heterocycles. The Kier molecular flexibility index (Phi) is 8.68. The minimum Gasteiger partial charge on any atom is -0.379 e. The first-order chi connectivity index (χ1) is 17.5. The van der Waals surface area contributed by atoms with Crippen molar-refractivity contribution >= 4 is 34.1 Å². The summed E-state index contributed by atoms with van der Waals surface area (Å²) in [6, 6.07) is 6.57.